The van der Waals surface area contributed by atoms with Gasteiger partial charge in [0.2, 0.25) is 0 Å². The number of amides is 1. The van der Waals surface area contributed by atoms with Gasteiger partial charge in [-0.3, -0.25) is 14.5 Å². The van der Waals surface area contributed by atoms with Crippen molar-refractivity contribution in [2.24, 2.45) is 11.8 Å². The zero-order chi connectivity index (χ0) is 23.8. The van der Waals surface area contributed by atoms with Gasteiger partial charge in [-0.2, -0.15) is 18.3 Å². The van der Waals surface area contributed by atoms with Crippen LogP contribution in [-0.4, -0.2) is 27.8 Å². The standard InChI is InChI=1S/C24H27F3N4O2/c1-14(2)15-4-6-19(7-5-15)31-13-17-9-21(22(33-3)10-20(17)30-31)29-23(32)16-8-18(12-28-11-16)24(25,26)27/h8-15,19H,4-7H2,1-3H3,(H,29,32). The maximum Gasteiger partial charge on any atom is 0.417 e. The van der Waals surface area contributed by atoms with Crippen molar-refractivity contribution in [2.75, 3.05) is 12.4 Å². The maximum atomic E-state index is 13.0. The first-order chi connectivity index (χ1) is 15.7. The third-order valence-electron chi connectivity index (χ3n) is 6.48. The number of pyridine rings is 1. The fourth-order valence-electron chi connectivity index (χ4n) is 4.47. The molecule has 1 aromatic carbocycles. The highest BCUT2D eigenvalue weighted by atomic mass is 19.4. The third-order valence-corrected chi connectivity index (χ3v) is 6.48. The molecule has 2 heterocycles. The van der Waals surface area contributed by atoms with E-state index in [1.54, 1.807) is 12.1 Å². The number of nitrogens with one attached hydrogen (secondary N) is 1. The number of hydrogen-bond donors (Lipinski definition) is 1. The second-order valence-electron chi connectivity index (χ2n) is 8.95. The lowest BCUT2D eigenvalue weighted by molar-refractivity contribution is -0.137. The van der Waals surface area contributed by atoms with Crippen molar-refractivity contribution in [1.29, 1.82) is 0 Å². The van der Waals surface area contributed by atoms with Crippen molar-refractivity contribution in [3.05, 3.63) is 47.9 Å². The number of ether oxygens (including phenoxy) is 1. The van der Waals surface area contributed by atoms with Crippen molar-refractivity contribution in [2.45, 2.75) is 51.7 Å². The molecule has 3 aromatic rings. The molecule has 1 amide bonds. The number of hydrogen-bond acceptors (Lipinski definition) is 4. The van der Waals surface area contributed by atoms with E-state index in [1.165, 1.54) is 20.0 Å². The van der Waals surface area contributed by atoms with Gasteiger partial charge in [0.25, 0.3) is 5.91 Å². The van der Waals surface area contributed by atoms with Gasteiger partial charge in [0.05, 0.1) is 35.5 Å². The van der Waals surface area contributed by atoms with E-state index in [2.05, 4.69) is 24.1 Å². The Balaban J connectivity index is 1.56. The Morgan fingerprint density at radius 2 is 1.88 bits per heavy atom. The zero-order valence-corrected chi connectivity index (χ0v) is 18.8. The Kier molecular flexibility index (Phi) is 6.32. The first kappa shape index (κ1) is 23.1. The molecule has 1 fully saturated rings. The van der Waals surface area contributed by atoms with Crippen LogP contribution in [0.3, 0.4) is 0 Å². The lowest BCUT2D eigenvalue weighted by Crippen LogP contribution is -2.21. The third kappa shape index (κ3) is 4.96. The van der Waals surface area contributed by atoms with Gasteiger partial charge >= 0.3 is 6.18 Å². The number of nitrogens with zero attached hydrogens (tertiary/aromatic N) is 3. The molecule has 1 aliphatic carbocycles. The van der Waals surface area contributed by atoms with Crippen LogP contribution in [0.15, 0.2) is 36.8 Å². The number of alkyl halides is 3. The molecule has 0 unspecified atom stereocenters. The van der Waals surface area contributed by atoms with E-state index in [0.717, 1.165) is 41.9 Å². The Morgan fingerprint density at radius 1 is 1.15 bits per heavy atom. The van der Waals surface area contributed by atoms with Gasteiger partial charge in [0, 0.05) is 30.0 Å². The van der Waals surface area contributed by atoms with Crippen molar-refractivity contribution >= 4 is 22.5 Å². The summed E-state index contributed by atoms with van der Waals surface area (Å²) in [6.07, 6.45) is 3.65. The number of carbonyl (C=O) groups excluding carboxylic acids is 1. The van der Waals surface area contributed by atoms with Crippen LogP contribution >= 0.6 is 0 Å². The molecule has 0 aliphatic heterocycles. The van der Waals surface area contributed by atoms with Gasteiger partial charge in [-0.05, 0) is 49.7 Å². The lowest BCUT2D eigenvalue weighted by atomic mass is 9.80. The smallest absolute Gasteiger partial charge is 0.417 e. The molecule has 0 spiro atoms. The summed E-state index contributed by atoms with van der Waals surface area (Å²) >= 11 is 0. The molecule has 1 N–H and O–H groups in total. The molecule has 9 heteroatoms. The minimum atomic E-state index is -4.58. The topological polar surface area (TPSA) is 69.0 Å². The second kappa shape index (κ2) is 9.03. The van der Waals surface area contributed by atoms with Crippen LogP contribution in [0.4, 0.5) is 18.9 Å². The molecule has 2 aromatic heterocycles. The fourth-order valence-corrected chi connectivity index (χ4v) is 4.47. The van der Waals surface area contributed by atoms with E-state index in [9.17, 15) is 18.0 Å². The number of halogens is 3. The first-order valence-electron chi connectivity index (χ1n) is 11.1. The highest BCUT2D eigenvalue weighted by Crippen LogP contribution is 2.37. The van der Waals surface area contributed by atoms with Gasteiger partial charge < -0.3 is 10.1 Å². The molecule has 1 saturated carbocycles. The molecule has 0 saturated heterocycles. The van der Waals surface area contributed by atoms with Crippen LogP contribution in [-0.2, 0) is 6.18 Å². The van der Waals surface area contributed by atoms with Crippen molar-refractivity contribution < 1.29 is 22.7 Å². The molecule has 0 radical (unpaired) electrons. The van der Waals surface area contributed by atoms with Crippen LogP contribution in [0.5, 0.6) is 5.75 Å². The van der Waals surface area contributed by atoms with E-state index in [-0.39, 0.29) is 5.56 Å². The number of anilines is 1. The number of benzene rings is 1. The number of methoxy groups -OCH3 is 1. The summed E-state index contributed by atoms with van der Waals surface area (Å²) in [7, 11) is 1.47. The SMILES string of the molecule is COc1cc2nn(C3CCC(C(C)C)CC3)cc2cc1NC(=O)c1cncc(C(F)(F)F)c1. The average Bonchev–Trinajstić information content (AvgIpc) is 3.21. The summed E-state index contributed by atoms with van der Waals surface area (Å²) in [5.74, 6) is 1.11. The summed E-state index contributed by atoms with van der Waals surface area (Å²) in [5, 5.41) is 8.19. The summed E-state index contributed by atoms with van der Waals surface area (Å²) in [5.41, 5.74) is -0.0809. The minimum absolute atomic E-state index is 0.190. The van der Waals surface area contributed by atoms with Gasteiger partial charge in [0.1, 0.15) is 5.75 Å². The van der Waals surface area contributed by atoms with E-state index < -0.39 is 17.6 Å². The van der Waals surface area contributed by atoms with Crippen molar-refractivity contribution in [3.8, 4) is 5.75 Å². The predicted molar refractivity (Wildman–Crippen MR) is 119 cm³/mol. The van der Waals surface area contributed by atoms with E-state index in [0.29, 0.717) is 29.6 Å². The number of aromatic nitrogens is 3. The minimum Gasteiger partial charge on any atom is -0.494 e. The van der Waals surface area contributed by atoms with E-state index >= 15 is 0 Å². The molecule has 4 rings (SSSR count). The molecule has 176 valence electrons. The number of rotatable bonds is 5. The first-order valence-corrected chi connectivity index (χ1v) is 11.1. The lowest BCUT2D eigenvalue weighted by Gasteiger charge is -2.30. The van der Waals surface area contributed by atoms with Gasteiger partial charge in [-0.25, -0.2) is 0 Å². The summed E-state index contributed by atoms with van der Waals surface area (Å²) in [6.45, 7) is 4.54. The Hall–Kier alpha value is -3.10. The Morgan fingerprint density at radius 3 is 2.52 bits per heavy atom. The normalized spacial score (nSPS) is 19.1. The molecular formula is C24H27F3N4O2. The molecule has 0 atom stereocenters. The maximum absolute atomic E-state index is 13.0. The summed E-state index contributed by atoms with van der Waals surface area (Å²) < 4.78 is 46.3. The quantitative estimate of drug-likeness (QED) is 0.500. The Labute approximate surface area is 190 Å². The van der Waals surface area contributed by atoms with Crippen LogP contribution in [0.25, 0.3) is 10.9 Å². The monoisotopic (exact) mass is 460 g/mol. The zero-order valence-electron chi connectivity index (χ0n) is 18.8. The highest BCUT2D eigenvalue weighted by molar-refractivity contribution is 6.06. The van der Waals surface area contributed by atoms with Gasteiger partial charge in [0.15, 0.2) is 0 Å². The predicted octanol–water partition coefficient (Wildman–Crippen LogP) is 6.10. The largest absolute Gasteiger partial charge is 0.494 e. The van der Waals surface area contributed by atoms with E-state index in [4.69, 9.17) is 9.84 Å². The molecular weight excluding hydrogens is 433 g/mol. The van der Waals surface area contributed by atoms with Crippen LogP contribution in [0, 0.1) is 11.8 Å². The fraction of sp³-hybridized carbons (Fsp3) is 0.458. The number of carbonyl (C=O) groups is 1. The summed E-state index contributed by atoms with van der Waals surface area (Å²) in [4.78, 5) is 16.2. The molecule has 6 nitrogen and oxygen atoms in total. The van der Waals surface area contributed by atoms with E-state index in [1.807, 2.05) is 10.9 Å². The molecule has 1 aliphatic rings. The molecule has 33 heavy (non-hydrogen) atoms. The van der Waals surface area contributed by atoms with Crippen molar-refractivity contribution in [3.63, 3.8) is 0 Å². The van der Waals surface area contributed by atoms with Gasteiger partial charge in [-0.1, -0.05) is 13.8 Å². The average molecular weight is 461 g/mol. The van der Waals surface area contributed by atoms with Crippen LogP contribution < -0.4 is 10.1 Å². The Bertz CT molecular complexity index is 1150. The van der Waals surface area contributed by atoms with Gasteiger partial charge in [-0.15, -0.1) is 0 Å². The van der Waals surface area contributed by atoms with Crippen LogP contribution in [0.1, 0.15) is 61.5 Å². The highest BCUT2D eigenvalue weighted by Gasteiger charge is 2.31. The second-order valence-corrected chi connectivity index (χ2v) is 8.95. The van der Waals surface area contributed by atoms with Crippen molar-refractivity contribution in [1.82, 2.24) is 14.8 Å². The molecule has 0 bridgehead atoms. The van der Waals surface area contributed by atoms with Crippen LogP contribution in [0.2, 0.25) is 0 Å². The number of fused-ring (bicyclic) bond motifs is 1. The summed E-state index contributed by atoms with van der Waals surface area (Å²) in [6, 6.07) is 4.56.